The van der Waals surface area contributed by atoms with E-state index in [1.807, 2.05) is 54.3 Å². The van der Waals surface area contributed by atoms with Gasteiger partial charge in [-0.2, -0.15) is 5.10 Å². The van der Waals surface area contributed by atoms with Gasteiger partial charge in [0, 0.05) is 17.7 Å². The second kappa shape index (κ2) is 8.93. The number of methoxy groups -OCH3 is 2. The van der Waals surface area contributed by atoms with E-state index in [1.54, 1.807) is 18.8 Å². The molecule has 162 valence electrons. The maximum absolute atomic E-state index is 13.4. The molecule has 0 radical (unpaired) electrons. The van der Waals surface area contributed by atoms with Crippen LogP contribution in [0.3, 0.4) is 0 Å². The minimum Gasteiger partial charge on any atom is -0.497 e. The summed E-state index contributed by atoms with van der Waals surface area (Å²) in [7, 11) is 3.28. The van der Waals surface area contributed by atoms with Crippen LogP contribution in [0.2, 0.25) is 0 Å². The van der Waals surface area contributed by atoms with E-state index in [2.05, 4.69) is 10.2 Å². The standard InChI is InChI=1S/C23H26N4O3S/c1-15-6-4-7-16(12-15)22-24-25-23(31)27(22)14-21(28)26-11-5-8-19(26)18-13-17(29-2)9-10-20(18)30-3/h4,6-7,9-10,12-13,19H,5,8,11,14H2,1-3H3,(H,25,31). The first-order valence-electron chi connectivity index (χ1n) is 10.3. The molecule has 0 spiro atoms. The van der Waals surface area contributed by atoms with Gasteiger partial charge < -0.3 is 14.4 Å². The van der Waals surface area contributed by atoms with Crippen molar-refractivity contribution in [1.29, 1.82) is 0 Å². The van der Waals surface area contributed by atoms with E-state index in [1.165, 1.54) is 0 Å². The first-order valence-corrected chi connectivity index (χ1v) is 10.7. The maximum Gasteiger partial charge on any atom is 0.243 e. The number of nitrogens with one attached hydrogen (secondary N) is 1. The largest absolute Gasteiger partial charge is 0.497 e. The normalized spacial score (nSPS) is 15.8. The van der Waals surface area contributed by atoms with Crippen LogP contribution in [-0.4, -0.2) is 46.3 Å². The van der Waals surface area contributed by atoms with Gasteiger partial charge in [-0.25, -0.2) is 0 Å². The summed E-state index contributed by atoms with van der Waals surface area (Å²) in [6, 6.07) is 13.6. The second-order valence-corrected chi connectivity index (χ2v) is 8.05. The topological polar surface area (TPSA) is 72.4 Å². The molecule has 1 unspecified atom stereocenters. The summed E-state index contributed by atoms with van der Waals surface area (Å²) in [4.78, 5) is 15.3. The minimum atomic E-state index is -0.0685. The van der Waals surface area contributed by atoms with Crippen molar-refractivity contribution in [2.75, 3.05) is 20.8 Å². The van der Waals surface area contributed by atoms with Crippen molar-refractivity contribution >= 4 is 18.1 Å². The number of benzene rings is 2. The molecule has 0 saturated carbocycles. The van der Waals surface area contributed by atoms with Gasteiger partial charge in [-0.05, 0) is 56.2 Å². The Bertz CT molecular complexity index is 1150. The van der Waals surface area contributed by atoms with Crippen LogP contribution < -0.4 is 9.47 Å². The summed E-state index contributed by atoms with van der Waals surface area (Å²) < 4.78 is 13.2. The van der Waals surface area contributed by atoms with E-state index in [0.717, 1.165) is 41.0 Å². The van der Waals surface area contributed by atoms with Crippen LogP contribution >= 0.6 is 12.2 Å². The van der Waals surface area contributed by atoms with Crippen LogP contribution in [-0.2, 0) is 11.3 Å². The molecular formula is C23H26N4O3S. The molecule has 1 N–H and O–H groups in total. The van der Waals surface area contributed by atoms with Crippen molar-refractivity contribution in [1.82, 2.24) is 19.7 Å². The summed E-state index contributed by atoms with van der Waals surface area (Å²) in [5, 5.41) is 7.21. The lowest BCUT2D eigenvalue weighted by Gasteiger charge is -2.27. The minimum absolute atomic E-state index is 0.00113. The molecule has 7 nitrogen and oxygen atoms in total. The van der Waals surface area contributed by atoms with Crippen molar-refractivity contribution in [3.8, 4) is 22.9 Å². The summed E-state index contributed by atoms with van der Waals surface area (Å²) in [5.74, 6) is 2.16. The number of hydrogen-bond acceptors (Lipinski definition) is 5. The number of ether oxygens (including phenoxy) is 2. The molecule has 1 aliphatic rings. The second-order valence-electron chi connectivity index (χ2n) is 7.66. The predicted octanol–water partition coefficient (Wildman–Crippen LogP) is 4.30. The van der Waals surface area contributed by atoms with Gasteiger partial charge in [-0.15, -0.1) is 0 Å². The summed E-state index contributed by atoms with van der Waals surface area (Å²) in [6.07, 6.45) is 1.80. The molecular weight excluding hydrogens is 412 g/mol. The van der Waals surface area contributed by atoms with E-state index >= 15 is 0 Å². The Hall–Kier alpha value is -3.13. The zero-order valence-corrected chi connectivity index (χ0v) is 18.7. The maximum atomic E-state index is 13.4. The van der Waals surface area contributed by atoms with Gasteiger partial charge in [-0.1, -0.05) is 23.8 Å². The first-order chi connectivity index (χ1) is 15.0. The van der Waals surface area contributed by atoms with Gasteiger partial charge in [0.15, 0.2) is 10.6 Å². The predicted molar refractivity (Wildman–Crippen MR) is 121 cm³/mol. The average molecular weight is 439 g/mol. The van der Waals surface area contributed by atoms with E-state index < -0.39 is 0 Å². The fourth-order valence-corrected chi connectivity index (χ4v) is 4.38. The third kappa shape index (κ3) is 4.20. The lowest BCUT2D eigenvalue weighted by molar-refractivity contribution is -0.132. The van der Waals surface area contributed by atoms with E-state index in [4.69, 9.17) is 21.7 Å². The van der Waals surface area contributed by atoms with Crippen LogP contribution in [0, 0.1) is 11.7 Å². The smallest absolute Gasteiger partial charge is 0.243 e. The number of aryl methyl sites for hydroxylation is 1. The Labute approximate surface area is 186 Å². The summed E-state index contributed by atoms with van der Waals surface area (Å²) >= 11 is 5.43. The molecule has 2 heterocycles. The van der Waals surface area contributed by atoms with Crippen molar-refractivity contribution < 1.29 is 14.3 Å². The first kappa shape index (κ1) is 21.1. The number of likely N-dealkylation sites (tertiary alicyclic amines) is 1. The van der Waals surface area contributed by atoms with E-state index in [-0.39, 0.29) is 18.5 Å². The molecule has 2 aromatic carbocycles. The highest BCUT2D eigenvalue weighted by Gasteiger charge is 2.32. The molecule has 1 atom stereocenters. The van der Waals surface area contributed by atoms with Crippen molar-refractivity contribution in [3.05, 3.63) is 58.4 Å². The number of H-pyrrole nitrogens is 1. The number of carbonyl (C=O) groups excluding carboxylic acids is 1. The number of carbonyl (C=O) groups is 1. The van der Waals surface area contributed by atoms with Crippen LogP contribution in [0.25, 0.3) is 11.4 Å². The molecule has 0 bridgehead atoms. The van der Waals surface area contributed by atoms with Gasteiger partial charge in [0.1, 0.15) is 18.0 Å². The monoisotopic (exact) mass is 438 g/mol. The number of hydrogen-bond donors (Lipinski definition) is 1. The van der Waals surface area contributed by atoms with Gasteiger partial charge in [0.25, 0.3) is 0 Å². The molecule has 8 heteroatoms. The van der Waals surface area contributed by atoms with Gasteiger partial charge >= 0.3 is 0 Å². The molecule has 1 saturated heterocycles. The van der Waals surface area contributed by atoms with Crippen molar-refractivity contribution in [2.45, 2.75) is 32.4 Å². The molecule has 3 aromatic rings. The lowest BCUT2D eigenvalue weighted by atomic mass is 10.0. The highest BCUT2D eigenvalue weighted by Crippen LogP contribution is 2.39. The fraction of sp³-hybridized carbons (Fsp3) is 0.348. The Balaban J connectivity index is 1.63. The number of nitrogens with zero attached hydrogens (tertiary/aromatic N) is 3. The average Bonchev–Trinajstić information content (AvgIpc) is 3.40. The third-order valence-corrected chi connectivity index (χ3v) is 6.01. The number of aromatic nitrogens is 3. The highest BCUT2D eigenvalue weighted by molar-refractivity contribution is 7.71. The fourth-order valence-electron chi connectivity index (χ4n) is 4.18. The van der Waals surface area contributed by atoms with Gasteiger partial charge in [0.2, 0.25) is 5.91 Å². The Morgan fingerprint density at radius 1 is 1.23 bits per heavy atom. The van der Waals surface area contributed by atoms with Crippen LogP contribution in [0.4, 0.5) is 0 Å². The Kier molecular flexibility index (Phi) is 6.08. The Morgan fingerprint density at radius 2 is 2.06 bits per heavy atom. The Morgan fingerprint density at radius 3 is 2.81 bits per heavy atom. The van der Waals surface area contributed by atoms with E-state index in [0.29, 0.717) is 17.1 Å². The zero-order valence-electron chi connectivity index (χ0n) is 17.9. The number of amides is 1. The molecule has 1 amide bonds. The van der Waals surface area contributed by atoms with Crippen LogP contribution in [0.15, 0.2) is 42.5 Å². The van der Waals surface area contributed by atoms with Gasteiger partial charge in [0.05, 0.1) is 20.3 Å². The van der Waals surface area contributed by atoms with Crippen LogP contribution in [0.5, 0.6) is 11.5 Å². The summed E-state index contributed by atoms with van der Waals surface area (Å²) in [5.41, 5.74) is 3.00. The molecule has 1 aliphatic heterocycles. The SMILES string of the molecule is COc1ccc(OC)c(C2CCCN2C(=O)Cn2c(-c3cccc(C)c3)n[nH]c2=S)c1. The number of rotatable bonds is 6. The lowest BCUT2D eigenvalue weighted by Crippen LogP contribution is -2.33. The number of aromatic amines is 1. The molecule has 31 heavy (non-hydrogen) atoms. The molecule has 1 aromatic heterocycles. The zero-order chi connectivity index (χ0) is 22.0. The van der Waals surface area contributed by atoms with Gasteiger partial charge in [-0.3, -0.25) is 14.5 Å². The van der Waals surface area contributed by atoms with Crippen molar-refractivity contribution in [3.63, 3.8) is 0 Å². The molecule has 0 aliphatic carbocycles. The molecule has 4 rings (SSSR count). The quantitative estimate of drug-likeness (QED) is 0.581. The summed E-state index contributed by atoms with van der Waals surface area (Å²) in [6.45, 7) is 2.84. The van der Waals surface area contributed by atoms with Crippen LogP contribution in [0.1, 0.15) is 30.0 Å². The molecule has 1 fully saturated rings. The highest BCUT2D eigenvalue weighted by atomic mass is 32.1. The third-order valence-electron chi connectivity index (χ3n) is 5.70. The van der Waals surface area contributed by atoms with E-state index in [9.17, 15) is 4.79 Å². The van der Waals surface area contributed by atoms with Crippen molar-refractivity contribution in [2.24, 2.45) is 0 Å².